The average Bonchev–Trinajstić information content (AvgIpc) is 2.87. The van der Waals surface area contributed by atoms with E-state index in [1.54, 1.807) is 6.33 Å². The normalized spacial score (nSPS) is 11.2. The fraction of sp³-hybridized carbons (Fsp3) is 0.286. The third-order valence-electron chi connectivity index (χ3n) is 3.46. The van der Waals surface area contributed by atoms with Crippen molar-refractivity contribution in [2.24, 2.45) is 7.05 Å². The highest BCUT2D eigenvalue weighted by molar-refractivity contribution is 5.78. The molecule has 0 spiro atoms. The first-order valence-electron chi connectivity index (χ1n) is 6.83. The number of nitrogens with zero attached hydrogens (tertiary/aromatic N) is 5. The largest absolute Gasteiger partial charge is 0.352 e. The maximum Gasteiger partial charge on any atom is 0.352 e. The van der Waals surface area contributed by atoms with Gasteiger partial charge in [-0.15, -0.1) is 0 Å². The summed E-state index contributed by atoms with van der Waals surface area (Å²) in [4.78, 5) is 27.6. The van der Waals surface area contributed by atoms with Crippen molar-refractivity contribution in [3.8, 4) is 5.69 Å². The summed E-state index contributed by atoms with van der Waals surface area (Å²) in [5, 5.41) is 3.74. The molecule has 0 N–H and O–H groups in total. The Morgan fingerprint density at radius 2 is 2.05 bits per heavy atom. The summed E-state index contributed by atoms with van der Waals surface area (Å²) < 4.78 is 17.9. The van der Waals surface area contributed by atoms with Crippen molar-refractivity contribution in [2.75, 3.05) is 0 Å². The first-order valence-corrected chi connectivity index (χ1v) is 6.83. The number of rotatable bonds is 3. The average molecular weight is 303 g/mol. The quantitative estimate of drug-likeness (QED) is 0.718. The van der Waals surface area contributed by atoms with Gasteiger partial charge < -0.3 is 4.57 Å². The summed E-state index contributed by atoms with van der Waals surface area (Å²) in [5.74, 6) is -0.623. The van der Waals surface area contributed by atoms with E-state index in [-0.39, 0.29) is 5.69 Å². The summed E-state index contributed by atoms with van der Waals surface area (Å²) >= 11 is 0. The minimum absolute atomic E-state index is 0.00838. The number of fused-ring (bicyclic) bond motifs is 1. The van der Waals surface area contributed by atoms with Crippen LogP contribution in [0, 0.1) is 5.82 Å². The molecule has 0 aliphatic heterocycles. The van der Waals surface area contributed by atoms with Crippen molar-refractivity contribution in [2.45, 2.75) is 19.9 Å². The molecule has 1 aromatic carbocycles. The van der Waals surface area contributed by atoms with Crippen LogP contribution in [-0.2, 0) is 13.6 Å². The van der Waals surface area contributed by atoms with Crippen molar-refractivity contribution in [1.29, 1.82) is 0 Å². The lowest BCUT2D eigenvalue weighted by atomic mass is 10.2. The van der Waals surface area contributed by atoms with Gasteiger partial charge in [-0.2, -0.15) is 9.78 Å². The molecule has 0 saturated heterocycles. The monoisotopic (exact) mass is 303 g/mol. The fourth-order valence-electron chi connectivity index (χ4n) is 2.29. The van der Waals surface area contributed by atoms with Crippen LogP contribution >= 0.6 is 0 Å². The van der Waals surface area contributed by atoms with E-state index >= 15 is 0 Å². The minimum Gasteiger partial charge on any atom is -0.331 e. The number of aryl methyl sites for hydroxylation is 1. The molecule has 0 fully saturated rings. The second-order valence-electron chi connectivity index (χ2n) is 4.97. The van der Waals surface area contributed by atoms with Gasteiger partial charge in [0.2, 0.25) is 0 Å². The second-order valence-corrected chi connectivity index (χ2v) is 4.97. The fourth-order valence-corrected chi connectivity index (χ4v) is 2.29. The van der Waals surface area contributed by atoms with Gasteiger partial charge in [0, 0.05) is 19.7 Å². The van der Waals surface area contributed by atoms with Crippen molar-refractivity contribution in [1.82, 2.24) is 23.9 Å². The van der Waals surface area contributed by atoms with E-state index in [2.05, 4.69) is 10.1 Å². The lowest BCUT2D eigenvalue weighted by Gasteiger charge is -2.08. The summed E-state index contributed by atoms with van der Waals surface area (Å²) in [7, 11) is 1.32. The van der Waals surface area contributed by atoms with E-state index in [0.29, 0.717) is 11.0 Å². The lowest BCUT2D eigenvalue weighted by Crippen LogP contribution is -2.38. The van der Waals surface area contributed by atoms with Gasteiger partial charge in [0.1, 0.15) is 11.9 Å². The second kappa shape index (κ2) is 5.21. The Labute approximate surface area is 124 Å². The molecule has 114 valence electrons. The van der Waals surface area contributed by atoms with Crippen LogP contribution in [0.4, 0.5) is 4.39 Å². The first-order chi connectivity index (χ1) is 10.5. The molecular formula is C14H14FN5O2. The van der Waals surface area contributed by atoms with Crippen molar-refractivity contribution in [3.05, 3.63) is 51.3 Å². The zero-order chi connectivity index (χ0) is 15.9. The van der Waals surface area contributed by atoms with Gasteiger partial charge in [-0.3, -0.25) is 9.36 Å². The molecule has 0 amide bonds. The Morgan fingerprint density at radius 3 is 2.77 bits per heavy atom. The molecular weight excluding hydrogens is 289 g/mol. The van der Waals surface area contributed by atoms with Crippen LogP contribution in [0.15, 0.2) is 34.2 Å². The standard InChI is InChI=1S/C14H14FN5O2/c1-3-4-19-8-16-10-5-9(15)11(6-12(10)19)20-14(22)18(2)13(21)7-17-20/h5-8H,3-4H2,1-2H3. The Morgan fingerprint density at radius 1 is 1.27 bits per heavy atom. The molecule has 0 atom stereocenters. The van der Waals surface area contributed by atoms with Gasteiger partial charge >= 0.3 is 5.69 Å². The summed E-state index contributed by atoms with van der Waals surface area (Å²) in [5.41, 5.74) is -0.0367. The summed E-state index contributed by atoms with van der Waals surface area (Å²) in [6.07, 6.45) is 3.51. The maximum absolute atomic E-state index is 14.3. The number of aromatic nitrogens is 5. The third kappa shape index (κ3) is 2.12. The molecule has 0 saturated carbocycles. The van der Waals surface area contributed by atoms with E-state index in [1.165, 1.54) is 19.2 Å². The highest BCUT2D eigenvalue weighted by Gasteiger charge is 2.14. The number of benzene rings is 1. The zero-order valence-corrected chi connectivity index (χ0v) is 12.2. The van der Waals surface area contributed by atoms with Crippen LogP contribution in [0.25, 0.3) is 16.7 Å². The number of hydrogen-bond acceptors (Lipinski definition) is 4. The predicted octanol–water partition coefficient (Wildman–Crippen LogP) is 0.830. The summed E-state index contributed by atoms with van der Waals surface area (Å²) in [6, 6.07) is 2.78. The third-order valence-corrected chi connectivity index (χ3v) is 3.46. The van der Waals surface area contributed by atoms with Crippen LogP contribution < -0.4 is 11.2 Å². The molecule has 0 aliphatic carbocycles. The Bertz CT molecular complexity index is 970. The molecule has 3 aromatic rings. The van der Waals surface area contributed by atoms with E-state index in [4.69, 9.17) is 0 Å². The Kier molecular flexibility index (Phi) is 3.36. The maximum atomic E-state index is 14.3. The molecule has 22 heavy (non-hydrogen) atoms. The van der Waals surface area contributed by atoms with Gasteiger partial charge in [-0.1, -0.05) is 6.92 Å². The number of hydrogen-bond donors (Lipinski definition) is 0. The molecule has 8 heteroatoms. The number of imidazole rings is 1. The Hall–Kier alpha value is -2.77. The molecule has 2 heterocycles. The molecule has 2 aromatic heterocycles. The van der Waals surface area contributed by atoms with E-state index in [1.807, 2.05) is 11.5 Å². The molecule has 0 aliphatic rings. The molecule has 3 rings (SSSR count). The lowest BCUT2D eigenvalue weighted by molar-refractivity contribution is 0.586. The Balaban J connectivity index is 2.29. The summed E-state index contributed by atoms with van der Waals surface area (Å²) in [6.45, 7) is 2.76. The van der Waals surface area contributed by atoms with Crippen molar-refractivity contribution < 1.29 is 4.39 Å². The van der Waals surface area contributed by atoms with Crippen LogP contribution in [0.2, 0.25) is 0 Å². The smallest absolute Gasteiger partial charge is 0.331 e. The topological polar surface area (TPSA) is 74.7 Å². The zero-order valence-electron chi connectivity index (χ0n) is 12.2. The highest BCUT2D eigenvalue weighted by Crippen LogP contribution is 2.20. The molecule has 0 unspecified atom stereocenters. The van der Waals surface area contributed by atoms with Gasteiger partial charge in [0.25, 0.3) is 5.56 Å². The van der Waals surface area contributed by atoms with Crippen LogP contribution in [-0.4, -0.2) is 23.9 Å². The number of halogens is 1. The van der Waals surface area contributed by atoms with E-state index in [0.717, 1.165) is 28.4 Å². The van der Waals surface area contributed by atoms with E-state index < -0.39 is 17.1 Å². The highest BCUT2D eigenvalue weighted by atomic mass is 19.1. The van der Waals surface area contributed by atoms with Crippen LogP contribution in [0.1, 0.15) is 13.3 Å². The van der Waals surface area contributed by atoms with Gasteiger partial charge in [0.05, 0.1) is 17.4 Å². The minimum atomic E-state index is -0.702. The molecule has 7 nitrogen and oxygen atoms in total. The van der Waals surface area contributed by atoms with Gasteiger partial charge in [-0.25, -0.2) is 14.2 Å². The van der Waals surface area contributed by atoms with Gasteiger partial charge in [0.15, 0.2) is 5.82 Å². The van der Waals surface area contributed by atoms with Crippen molar-refractivity contribution >= 4 is 11.0 Å². The van der Waals surface area contributed by atoms with Crippen LogP contribution in [0.3, 0.4) is 0 Å². The first kappa shape index (κ1) is 14.2. The predicted molar refractivity (Wildman–Crippen MR) is 78.6 cm³/mol. The SMILES string of the molecule is CCCn1cnc2cc(F)c(-n3ncc(=O)n(C)c3=O)cc21. The molecule has 0 bridgehead atoms. The van der Waals surface area contributed by atoms with Crippen molar-refractivity contribution in [3.63, 3.8) is 0 Å². The van der Waals surface area contributed by atoms with E-state index in [9.17, 15) is 14.0 Å². The van der Waals surface area contributed by atoms with Crippen LogP contribution in [0.5, 0.6) is 0 Å². The van der Waals surface area contributed by atoms with Gasteiger partial charge in [-0.05, 0) is 12.5 Å². The molecule has 0 radical (unpaired) electrons.